The number of benzene rings is 1. The van der Waals surface area contributed by atoms with E-state index in [4.69, 9.17) is 11.6 Å². The van der Waals surface area contributed by atoms with Crippen molar-refractivity contribution in [1.82, 2.24) is 20.0 Å². The number of rotatable bonds is 8. The maximum Gasteiger partial charge on any atom is 0.256 e. The molecule has 1 aromatic heterocycles. The molecule has 27 heavy (non-hydrogen) atoms. The van der Waals surface area contributed by atoms with E-state index < -0.39 is 0 Å². The van der Waals surface area contributed by atoms with Crippen LogP contribution in [0.2, 0.25) is 5.15 Å². The average Bonchev–Trinajstić information content (AvgIpc) is 2.86. The van der Waals surface area contributed by atoms with Crippen molar-refractivity contribution in [2.75, 3.05) is 13.1 Å². The third-order valence-electron chi connectivity index (χ3n) is 4.73. The Bertz CT molecular complexity index is 757. The summed E-state index contributed by atoms with van der Waals surface area (Å²) < 4.78 is 1.69. The van der Waals surface area contributed by atoms with Crippen LogP contribution in [0.5, 0.6) is 0 Å². The summed E-state index contributed by atoms with van der Waals surface area (Å²) in [5.74, 6) is -0.167. The fourth-order valence-corrected chi connectivity index (χ4v) is 3.60. The molecule has 148 valence electrons. The van der Waals surface area contributed by atoms with Crippen LogP contribution in [0.1, 0.15) is 54.9 Å². The van der Waals surface area contributed by atoms with Gasteiger partial charge in [-0.15, -0.1) is 0 Å². The highest BCUT2D eigenvalue weighted by atomic mass is 35.5. The van der Waals surface area contributed by atoms with E-state index in [9.17, 15) is 4.79 Å². The first-order valence-corrected chi connectivity index (χ1v) is 9.91. The van der Waals surface area contributed by atoms with Crippen molar-refractivity contribution in [1.29, 1.82) is 0 Å². The highest BCUT2D eigenvalue weighted by molar-refractivity contribution is 6.33. The zero-order valence-corrected chi connectivity index (χ0v) is 18.0. The minimum absolute atomic E-state index is 0.167. The Morgan fingerprint density at radius 2 is 1.74 bits per heavy atom. The molecule has 0 aliphatic rings. The molecule has 1 aromatic carbocycles. The Hall–Kier alpha value is -1.85. The summed E-state index contributed by atoms with van der Waals surface area (Å²) in [6, 6.07) is 9.09. The molecule has 0 saturated carbocycles. The molecule has 0 spiro atoms. The summed E-state index contributed by atoms with van der Waals surface area (Å²) in [5, 5.41) is 7.83. The van der Waals surface area contributed by atoms with Gasteiger partial charge >= 0.3 is 0 Å². The third-order valence-corrected chi connectivity index (χ3v) is 5.11. The van der Waals surface area contributed by atoms with Crippen molar-refractivity contribution >= 4 is 17.5 Å². The van der Waals surface area contributed by atoms with Gasteiger partial charge in [0.2, 0.25) is 0 Å². The van der Waals surface area contributed by atoms with Gasteiger partial charge in [0.1, 0.15) is 5.15 Å². The molecule has 0 bridgehead atoms. The van der Waals surface area contributed by atoms with Gasteiger partial charge in [-0.05, 0) is 47.1 Å². The van der Waals surface area contributed by atoms with Crippen LogP contribution in [0.15, 0.2) is 24.3 Å². The van der Waals surface area contributed by atoms with Crippen molar-refractivity contribution in [3.63, 3.8) is 0 Å². The van der Waals surface area contributed by atoms with Crippen molar-refractivity contribution < 1.29 is 4.79 Å². The van der Waals surface area contributed by atoms with E-state index in [-0.39, 0.29) is 5.91 Å². The van der Waals surface area contributed by atoms with E-state index in [1.807, 2.05) is 6.92 Å². The number of carbonyl (C=O) groups excluding carboxylic acids is 1. The molecule has 1 heterocycles. The van der Waals surface area contributed by atoms with E-state index in [2.05, 4.69) is 74.2 Å². The summed E-state index contributed by atoms with van der Waals surface area (Å²) in [6.45, 7) is 14.5. The Kier molecular flexibility index (Phi) is 7.45. The van der Waals surface area contributed by atoms with Gasteiger partial charge < -0.3 is 5.32 Å². The van der Waals surface area contributed by atoms with Gasteiger partial charge in [-0.1, -0.05) is 41.4 Å². The number of nitrogens with zero attached hydrogens (tertiary/aromatic N) is 3. The third kappa shape index (κ3) is 5.56. The zero-order chi connectivity index (χ0) is 20.1. The van der Waals surface area contributed by atoms with Gasteiger partial charge in [0.05, 0.1) is 17.8 Å². The van der Waals surface area contributed by atoms with E-state index in [1.165, 1.54) is 5.56 Å². The van der Waals surface area contributed by atoms with Crippen LogP contribution in [0.4, 0.5) is 0 Å². The van der Waals surface area contributed by atoms with Crippen LogP contribution in [0.3, 0.4) is 0 Å². The van der Waals surface area contributed by atoms with E-state index in [1.54, 1.807) is 4.68 Å². The summed E-state index contributed by atoms with van der Waals surface area (Å²) in [6.07, 6.45) is 0. The SMILES string of the molecule is Cc1ccc(Cn2nc(C)c(C(=O)NCCN(C(C)C)C(C)C)c2Cl)cc1. The summed E-state index contributed by atoms with van der Waals surface area (Å²) in [5.41, 5.74) is 3.42. The van der Waals surface area contributed by atoms with E-state index in [0.717, 1.165) is 12.1 Å². The van der Waals surface area contributed by atoms with Crippen molar-refractivity contribution in [3.8, 4) is 0 Å². The lowest BCUT2D eigenvalue weighted by Gasteiger charge is -2.30. The number of aromatic nitrogens is 2. The molecular formula is C21H31ClN4O. The lowest BCUT2D eigenvalue weighted by atomic mass is 10.1. The molecule has 5 nitrogen and oxygen atoms in total. The lowest BCUT2D eigenvalue weighted by molar-refractivity contribution is 0.0939. The fraction of sp³-hybridized carbons (Fsp3) is 0.524. The number of amides is 1. The largest absolute Gasteiger partial charge is 0.351 e. The number of halogens is 1. The molecule has 0 saturated heterocycles. The Balaban J connectivity index is 2.04. The molecule has 2 rings (SSSR count). The highest BCUT2D eigenvalue weighted by Gasteiger charge is 2.21. The number of carbonyl (C=O) groups is 1. The monoisotopic (exact) mass is 390 g/mol. The van der Waals surface area contributed by atoms with Crippen molar-refractivity contribution in [3.05, 3.63) is 51.8 Å². The standard InChI is InChI=1S/C21H31ClN4O/c1-14(2)25(15(3)4)12-11-23-21(27)19-17(6)24-26(20(19)22)13-18-9-7-16(5)8-10-18/h7-10,14-15H,11-13H2,1-6H3,(H,23,27). The molecule has 0 fully saturated rings. The molecular weight excluding hydrogens is 360 g/mol. The molecule has 0 radical (unpaired) electrons. The maximum absolute atomic E-state index is 12.7. The Morgan fingerprint density at radius 1 is 1.15 bits per heavy atom. The second kappa shape index (κ2) is 9.38. The van der Waals surface area contributed by atoms with Gasteiger partial charge in [-0.25, -0.2) is 4.68 Å². The molecule has 6 heteroatoms. The summed E-state index contributed by atoms with van der Waals surface area (Å²) >= 11 is 6.48. The van der Waals surface area contributed by atoms with Crippen LogP contribution in [-0.4, -0.2) is 45.8 Å². The van der Waals surface area contributed by atoms with Gasteiger partial charge in [0, 0.05) is 25.2 Å². The molecule has 1 N–H and O–H groups in total. The fourth-order valence-electron chi connectivity index (χ4n) is 3.28. The van der Waals surface area contributed by atoms with Crippen molar-refractivity contribution in [2.45, 2.75) is 60.2 Å². The van der Waals surface area contributed by atoms with Crippen LogP contribution < -0.4 is 5.32 Å². The first-order chi connectivity index (χ1) is 12.7. The van der Waals surface area contributed by atoms with Gasteiger partial charge in [-0.3, -0.25) is 9.69 Å². The molecule has 0 aliphatic heterocycles. The molecule has 2 aromatic rings. The highest BCUT2D eigenvalue weighted by Crippen LogP contribution is 2.21. The summed E-state index contributed by atoms with van der Waals surface area (Å²) in [7, 11) is 0. The summed E-state index contributed by atoms with van der Waals surface area (Å²) in [4.78, 5) is 15.0. The smallest absolute Gasteiger partial charge is 0.256 e. The van der Waals surface area contributed by atoms with E-state index >= 15 is 0 Å². The van der Waals surface area contributed by atoms with Crippen LogP contribution in [0, 0.1) is 13.8 Å². The first kappa shape index (κ1) is 21.5. The molecule has 0 aliphatic carbocycles. The predicted octanol–water partition coefficient (Wildman–Crippen LogP) is 4.05. The molecule has 0 atom stereocenters. The van der Waals surface area contributed by atoms with Gasteiger partial charge in [0.25, 0.3) is 5.91 Å². The van der Waals surface area contributed by atoms with Gasteiger partial charge in [-0.2, -0.15) is 5.10 Å². The normalized spacial score (nSPS) is 11.6. The maximum atomic E-state index is 12.7. The minimum Gasteiger partial charge on any atom is -0.351 e. The number of aryl methyl sites for hydroxylation is 2. The van der Waals surface area contributed by atoms with Gasteiger partial charge in [0.15, 0.2) is 0 Å². The van der Waals surface area contributed by atoms with Crippen LogP contribution in [-0.2, 0) is 6.54 Å². The Labute approximate surface area is 167 Å². The van der Waals surface area contributed by atoms with Crippen LogP contribution >= 0.6 is 11.6 Å². The lowest BCUT2D eigenvalue weighted by Crippen LogP contribution is -2.42. The predicted molar refractivity (Wildman–Crippen MR) is 112 cm³/mol. The average molecular weight is 391 g/mol. The second-order valence-electron chi connectivity index (χ2n) is 7.58. The van der Waals surface area contributed by atoms with E-state index in [0.29, 0.717) is 41.6 Å². The van der Waals surface area contributed by atoms with Crippen LogP contribution in [0.25, 0.3) is 0 Å². The number of hydrogen-bond donors (Lipinski definition) is 1. The Morgan fingerprint density at radius 3 is 2.30 bits per heavy atom. The number of hydrogen-bond acceptors (Lipinski definition) is 3. The first-order valence-electron chi connectivity index (χ1n) is 9.53. The second-order valence-corrected chi connectivity index (χ2v) is 7.93. The number of nitrogens with one attached hydrogen (secondary N) is 1. The molecule has 0 unspecified atom stereocenters. The zero-order valence-electron chi connectivity index (χ0n) is 17.2. The van der Waals surface area contributed by atoms with Crippen molar-refractivity contribution in [2.24, 2.45) is 0 Å². The quantitative estimate of drug-likeness (QED) is 0.739. The minimum atomic E-state index is -0.167. The molecule has 1 amide bonds. The topological polar surface area (TPSA) is 50.2 Å².